The summed E-state index contributed by atoms with van der Waals surface area (Å²) in [7, 11) is 0. The third-order valence-electron chi connectivity index (χ3n) is 3.52. The molecule has 0 saturated carbocycles. The number of aryl methyl sites for hydroxylation is 1. The lowest BCUT2D eigenvalue weighted by molar-refractivity contribution is -0.140. The van der Waals surface area contributed by atoms with E-state index in [-0.39, 0.29) is 5.92 Å². The van der Waals surface area contributed by atoms with Crippen LogP contribution in [-0.4, -0.2) is 23.1 Å². The number of aliphatic carboxylic acids is 1. The highest BCUT2D eigenvalue weighted by Crippen LogP contribution is 2.12. The van der Waals surface area contributed by atoms with Crippen molar-refractivity contribution in [2.24, 2.45) is 5.92 Å². The van der Waals surface area contributed by atoms with E-state index in [1.807, 2.05) is 31.2 Å². The van der Waals surface area contributed by atoms with Gasteiger partial charge in [-0.25, -0.2) is 9.59 Å². The Morgan fingerprint density at radius 1 is 1.19 bits per heavy atom. The molecule has 2 atom stereocenters. The largest absolute Gasteiger partial charge is 0.480 e. The Morgan fingerprint density at radius 3 is 2.29 bits per heavy atom. The van der Waals surface area contributed by atoms with Crippen molar-refractivity contribution in [2.45, 2.75) is 46.1 Å². The molecule has 0 aromatic heterocycles. The third kappa shape index (κ3) is 5.45. The molecule has 0 saturated heterocycles. The third-order valence-corrected chi connectivity index (χ3v) is 3.52. The predicted octanol–water partition coefficient (Wildman–Crippen LogP) is 3.26. The maximum atomic E-state index is 11.9. The number of hydrogen-bond donors (Lipinski definition) is 3. The number of carboxylic acid groups (broad SMARTS) is 1. The molecule has 0 aliphatic rings. The standard InChI is InChI=1S/C16H24N2O3/c1-4-6-12-7-9-13(10-8-12)17-16(21)18-14(15(19)20)11(3)5-2/h7-11,14H,4-6H2,1-3H3,(H,19,20)(H2,17,18,21)/t11-,14-/m0/s1. The summed E-state index contributed by atoms with van der Waals surface area (Å²) in [6.45, 7) is 5.81. The highest BCUT2D eigenvalue weighted by Gasteiger charge is 2.25. The summed E-state index contributed by atoms with van der Waals surface area (Å²) in [6, 6.07) is 6.19. The van der Waals surface area contributed by atoms with Crippen LogP contribution in [0.3, 0.4) is 0 Å². The van der Waals surface area contributed by atoms with Gasteiger partial charge in [0.15, 0.2) is 0 Å². The minimum absolute atomic E-state index is 0.125. The molecule has 1 rings (SSSR count). The van der Waals surface area contributed by atoms with Gasteiger partial charge in [-0.1, -0.05) is 45.7 Å². The summed E-state index contributed by atoms with van der Waals surface area (Å²) in [5.74, 6) is -1.14. The fourth-order valence-corrected chi connectivity index (χ4v) is 2.03. The molecule has 0 aliphatic heterocycles. The Bertz CT molecular complexity index is 471. The Kier molecular flexibility index (Phi) is 6.72. The zero-order valence-corrected chi connectivity index (χ0v) is 12.8. The first-order chi connectivity index (χ1) is 9.97. The molecule has 2 amide bonds. The van der Waals surface area contributed by atoms with Crippen LogP contribution in [0, 0.1) is 5.92 Å². The number of carboxylic acids is 1. The highest BCUT2D eigenvalue weighted by atomic mass is 16.4. The van der Waals surface area contributed by atoms with Crippen LogP contribution in [0.1, 0.15) is 39.2 Å². The summed E-state index contributed by atoms with van der Waals surface area (Å²) in [4.78, 5) is 23.0. The van der Waals surface area contributed by atoms with Gasteiger partial charge in [0.2, 0.25) is 0 Å². The van der Waals surface area contributed by atoms with Crippen molar-refractivity contribution in [3.63, 3.8) is 0 Å². The second-order valence-electron chi connectivity index (χ2n) is 5.25. The minimum Gasteiger partial charge on any atom is -0.480 e. The van der Waals surface area contributed by atoms with Crippen LogP contribution in [0.15, 0.2) is 24.3 Å². The zero-order chi connectivity index (χ0) is 15.8. The average molecular weight is 292 g/mol. The summed E-state index contributed by atoms with van der Waals surface area (Å²) in [6.07, 6.45) is 2.76. The first-order valence-electron chi connectivity index (χ1n) is 7.37. The number of amides is 2. The van der Waals surface area contributed by atoms with Crippen LogP contribution >= 0.6 is 0 Å². The van der Waals surface area contributed by atoms with Crippen molar-refractivity contribution in [1.29, 1.82) is 0 Å². The number of carbonyl (C=O) groups excluding carboxylic acids is 1. The first kappa shape index (κ1) is 17.0. The Labute approximate surface area is 125 Å². The monoisotopic (exact) mass is 292 g/mol. The molecule has 0 unspecified atom stereocenters. The van der Waals surface area contributed by atoms with E-state index in [0.29, 0.717) is 12.1 Å². The highest BCUT2D eigenvalue weighted by molar-refractivity contribution is 5.92. The Hall–Kier alpha value is -2.04. The van der Waals surface area contributed by atoms with Gasteiger partial charge in [-0.3, -0.25) is 0 Å². The summed E-state index contributed by atoms with van der Waals surface area (Å²) < 4.78 is 0. The second-order valence-corrected chi connectivity index (χ2v) is 5.25. The lowest BCUT2D eigenvalue weighted by atomic mass is 9.99. The number of carbonyl (C=O) groups is 2. The molecule has 5 heteroatoms. The Balaban J connectivity index is 2.61. The van der Waals surface area contributed by atoms with Crippen molar-refractivity contribution < 1.29 is 14.7 Å². The smallest absolute Gasteiger partial charge is 0.326 e. The van der Waals surface area contributed by atoms with Gasteiger partial charge in [0.1, 0.15) is 6.04 Å². The van der Waals surface area contributed by atoms with E-state index in [4.69, 9.17) is 5.11 Å². The van der Waals surface area contributed by atoms with Crippen LogP contribution in [0.4, 0.5) is 10.5 Å². The number of hydrogen-bond acceptors (Lipinski definition) is 2. The van der Waals surface area contributed by atoms with Crippen molar-refractivity contribution >= 4 is 17.7 Å². The van der Waals surface area contributed by atoms with Crippen molar-refractivity contribution in [3.8, 4) is 0 Å². The van der Waals surface area contributed by atoms with E-state index in [9.17, 15) is 9.59 Å². The van der Waals surface area contributed by atoms with Gasteiger partial charge in [0.25, 0.3) is 0 Å². The van der Waals surface area contributed by atoms with E-state index >= 15 is 0 Å². The normalized spacial score (nSPS) is 13.3. The molecule has 0 aliphatic carbocycles. The van der Waals surface area contributed by atoms with E-state index in [1.54, 1.807) is 6.92 Å². The molecule has 1 aromatic carbocycles. The maximum absolute atomic E-state index is 11.9. The fraction of sp³-hybridized carbons (Fsp3) is 0.500. The van der Waals surface area contributed by atoms with Crippen molar-refractivity contribution in [2.75, 3.05) is 5.32 Å². The van der Waals surface area contributed by atoms with Crippen LogP contribution in [0.5, 0.6) is 0 Å². The molecule has 21 heavy (non-hydrogen) atoms. The van der Waals surface area contributed by atoms with E-state index in [1.165, 1.54) is 5.56 Å². The van der Waals surface area contributed by atoms with Crippen LogP contribution in [0.25, 0.3) is 0 Å². The topological polar surface area (TPSA) is 78.4 Å². The number of nitrogens with one attached hydrogen (secondary N) is 2. The first-order valence-corrected chi connectivity index (χ1v) is 7.37. The van der Waals surface area contributed by atoms with Gasteiger partial charge in [-0.05, 0) is 30.0 Å². The van der Waals surface area contributed by atoms with E-state index in [0.717, 1.165) is 12.8 Å². The van der Waals surface area contributed by atoms with Gasteiger partial charge in [-0.2, -0.15) is 0 Å². The number of anilines is 1. The number of benzene rings is 1. The lowest BCUT2D eigenvalue weighted by Gasteiger charge is -2.20. The molecule has 5 nitrogen and oxygen atoms in total. The van der Waals surface area contributed by atoms with Gasteiger partial charge in [0.05, 0.1) is 0 Å². The summed E-state index contributed by atoms with van der Waals surface area (Å²) in [5, 5.41) is 14.3. The van der Waals surface area contributed by atoms with Gasteiger partial charge in [0, 0.05) is 5.69 Å². The number of urea groups is 1. The number of rotatable bonds is 7. The molecular weight excluding hydrogens is 268 g/mol. The zero-order valence-electron chi connectivity index (χ0n) is 12.8. The molecule has 116 valence electrons. The Morgan fingerprint density at radius 2 is 1.81 bits per heavy atom. The molecule has 0 radical (unpaired) electrons. The maximum Gasteiger partial charge on any atom is 0.326 e. The van der Waals surface area contributed by atoms with Gasteiger partial charge in [-0.15, -0.1) is 0 Å². The molecule has 0 fully saturated rings. The summed E-state index contributed by atoms with van der Waals surface area (Å²) >= 11 is 0. The van der Waals surface area contributed by atoms with Crippen LogP contribution in [0.2, 0.25) is 0 Å². The molecular formula is C16H24N2O3. The summed E-state index contributed by atoms with van der Waals surface area (Å²) in [5.41, 5.74) is 1.87. The van der Waals surface area contributed by atoms with Crippen LogP contribution in [-0.2, 0) is 11.2 Å². The molecule has 3 N–H and O–H groups in total. The van der Waals surface area contributed by atoms with Crippen LogP contribution < -0.4 is 10.6 Å². The minimum atomic E-state index is -1.02. The predicted molar refractivity (Wildman–Crippen MR) is 83.5 cm³/mol. The molecule has 1 aromatic rings. The van der Waals surface area contributed by atoms with E-state index < -0.39 is 18.0 Å². The average Bonchev–Trinajstić information content (AvgIpc) is 2.46. The second kappa shape index (κ2) is 8.29. The fourth-order valence-electron chi connectivity index (χ4n) is 2.03. The van der Waals surface area contributed by atoms with Gasteiger partial charge >= 0.3 is 12.0 Å². The SMILES string of the molecule is CCCc1ccc(NC(=O)N[C@H](C(=O)O)[C@@H](C)CC)cc1. The van der Waals surface area contributed by atoms with E-state index in [2.05, 4.69) is 17.6 Å². The molecule has 0 bridgehead atoms. The molecule has 0 heterocycles. The van der Waals surface area contributed by atoms with Gasteiger partial charge < -0.3 is 15.7 Å². The quantitative estimate of drug-likeness (QED) is 0.721. The van der Waals surface area contributed by atoms with Crippen molar-refractivity contribution in [1.82, 2.24) is 5.32 Å². The molecule has 0 spiro atoms. The van der Waals surface area contributed by atoms with Crippen molar-refractivity contribution in [3.05, 3.63) is 29.8 Å². The lowest BCUT2D eigenvalue weighted by Crippen LogP contribution is -2.46.